The maximum Gasteiger partial charge on any atom is 0.144 e. The van der Waals surface area contributed by atoms with Gasteiger partial charge in [-0.15, -0.1) is 0 Å². The van der Waals surface area contributed by atoms with Crippen LogP contribution in [0.4, 0.5) is 0 Å². The molecule has 3 nitrogen and oxygen atoms in total. The number of aromatic hydroxyl groups is 1. The second kappa shape index (κ2) is 6.70. The number of rotatable bonds is 4. The van der Waals surface area contributed by atoms with Crippen molar-refractivity contribution in [3.05, 3.63) is 25.0 Å². The lowest BCUT2D eigenvalue weighted by Gasteiger charge is -2.26. The third kappa shape index (κ3) is 3.28. The van der Waals surface area contributed by atoms with Crippen molar-refractivity contribution in [1.29, 1.82) is 0 Å². The summed E-state index contributed by atoms with van der Waals surface area (Å²) in [6.45, 7) is 3.95. The third-order valence-corrected chi connectivity index (χ3v) is 5.17. The number of phenols is 1. The first-order valence-electron chi connectivity index (χ1n) is 5.61. The fraction of sp³-hybridized carbons (Fsp3) is 0.500. The highest BCUT2D eigenvalue weighted by atomic mass is 79.9. The van der Waals surface area contributed by atoms with Crippen LogP contribution in [-0.2, 0) is 0 Å². The molecule has 0 radical (unpaired) electrons. The van der Waals surface area contributed by atoms with Crippen LogP contribution < -0.4 is 5.73 Å². The van der Waals surface area contributed by atoms with Gasteiger partial charge in [-0.3, -0.25) is 0 Å². The first kappa shape index (κ1) is 16.4. The van der Waals surface area contributed by atoms with Crippen LogP contribution in [0.25, 0.3) is 0 Å². The van der Waals surface area contributed by atoms with E-state index in [2.05, 4.69) is 47.8 Å². The molecule has 0 aliphatic carbocycles. The van der Waals surface area contributed by atoms with E-state index in [0.717, 1.165) is 10.9 Å². The molecule has 0 amide bonds. The van der Waals surface area contributed by atoms with Gasteiger partial charge in [0.25, 0.3) is 0 Å². The second-order valence-corrected chi connectivity index (χ2v) is 6.82. The molecule has 1 unspecified atom stereocenters. The number of aliphatic hydroxyl groups excluding tert-OH is 1. The summed E-state index contributed by atoms with van der Waals surface area (Å²) in [5.41, 5.74) is 6.77. The van der Waals surface area contributed by atoms with Crippen LogP contribution in [0.2, 0.25) is 0 Å². The van der Waals surface area contributed by atoms with E-state index in [4.69, 9.17) is 5.73 Å². The monoisotopic (exact) mass is 443 g/mol. The molecule has 0 aromatic heterocycles. The molecule has 0 aliphatic rings. The van der Waals surface area contributed by atoms with Gasteiger partial charge in [-0.1, -0.05) is 36.2 Å². The summed E-state index contributed by atoms with van der Waals surface area (Å²) >= 11 is 9.98. The van der Waals surface area contributed by atoms with Gasteiger partial charge in [-0.25, -0.2) is 0 Å². The van der Waals surface area contributed by atoms with Crippen molar-refractivity contribution >= 4 is 47.8 Å². The van der Waals surface area contributed by atoms with Gasteiger partial charge in [0.2, 0.25) is 0 Å². The van der Waals surface area contributed by atoms with Gasteiger partial charge in [0.15, 0.2) is 0 Å². The Hall–Kier alpha value is 0.380. The standard InChI is InChI=1S/C12H16Br3NO2/c1-3-5(2)11(17)10(16)8-6(13)4-7(14)12(18)9(8)15/h4-5,10-11,17-18H,3,16H2,1-2H3/t5?,10-,11+/m0/s1. The van der Waals surface area contributed by atoms with Crippen LogP contribution in [0.3, 0.4) is 0 Å². The summed E-state index contributed by atoms with van der Waals surface area (Å²) in [6, 6.07) is 1.15. The van der Waals surface area contributed by atoms with Crippen LogP contribution in [0, 0.1) is 5.92 Å². The number of aliphatic hydroxyl groups is 1. The van der Waals surface area contributed by atoms with Crippen LogP contribution in [0.5, 0.6) is 5.75 Å². The highest BCUT2D eigenvalue weighted by molar-refractivity contribution is 9.11. The van der Waals surface area contributed by atoms with Gasteiger partial charge >= 0.3 is 0 Å². The van der Waals surface area contributed by atoms with E-state index in [1.54, 1.807) is 6.07 Å². The molecule has 0 bridgehead atoms. The Morgan fingerprint density at radius 2 is 1.83 bits per heavy atom. The number of halogens is 3. The molecule has 4 N–H and O–H groups in total. The summed E-state index contributed by atoms with van der Waals surface area (Å²) in [5, 5.41) is 20.1. The number of hydrogen-bond acceptors (Lipinski definition) is 3. The summed E-state index contributed by atoms with van der Waals surface area (Å²) in [4.78, 5) is 0. The van der Waals surface area contributed by atoms with Gasteiger partial charge in [0, 0.05) is 10.0 Å². The molecule has 1 rings (SSSR count). The molecule has 0 aliphatic heterocycles. The smallest absolute Gasteiger partial charge is 0.144 e. The first-order valence-corrected chi connectivity index (χ1v) is 7.99. The lowest BCUT2D eigenvalue weighted by Crippen LogP contribution is -2.32. The van der Waals surface area contributed by atoms with E-state index in [0.29, 0.717) is 14.5 Å². The Balaban J connectivity index is 3.21. The van der Waals surface area contributed by atoms with Gasteiger partial charge in [0.05, 0.1) is 21.1 Å². The molecular formula is C12H16Br3NO2. The normalized spacial score (nSPS) is 16.4. The molecule has 0 heterocycles. The zero-order chi connectivity index (χ0) is 14.0. The van der Waals surface area contributed by atoms with Crippen LogP contribution >= 0.6 is 47.8 Å². The zero-order valence-electron chi connectivity index (χ0n) is 10.1. The first-order chi connectivity index (χ1) is 8.31. The SMILES string of the molecule is CCC(C)[C@@H](O)[C@@H](N)c1c(Br)cc(Br)c(O)c1Br. The topological polar surface area (TPSA) is 66.5 Å². The van der Waals surface area contributed by atoms with E-state index in [-0.39, 0.29) is 11.7 Å². The van der Waals surface area contributed by atoms with Gasteiger partial charge in [0.1, 0.15) is 5.75 Å². The molecule has 0 saturated heterocycles. The average Bonchev–Trinajstić information content (AvgIpc) is 2.34. The maximum atomic E-state index is 10.2. The Labute approximate surface area is 132 Å². The van der Waals surface area contributed by atoms with Crippen molar-refractivity contribution in [2.45, 2.75) is 32.4 Å². The fourth-order valence-electron chi connectivity index (χ4n) is 1.67. The van der Waals surface area contributed by atoms with Crippen LogP contribution in [-0.4, -0.2) is 16.3 Å². The van der Waals surface area contributed by atoms with Gasteiger partial charge in [-0.05, 0) is 43.8 Å². The molecule has 0 saturated carbocycles. The van der Waals surface area contributed by atoms with Gasteiger partial charge in [-0.2, -0.15) is 0 Å². The molecule has 6 heteroatoms. The van der Waals surface area contributed by atoms with E-state index in [9.17, 15) is 10.2 Å². The van der Waals surface area contributed by atoms with Gasteiger partial charge < -0.3 is 15.9 Å². The number of phenolic OH excluding ortho intramolecular Hbond substituents is 1. The van der Waals surface area contributed by atoms with Crippen LogP contribution in [0.15, 0.2) is 19.5 Å². The minimum atomic E-state index is -0.664. The number of nitrogens with two attached hydrogens (primary N) is 1. The number of hydrogen-bond donors (Lipinski definition) is 3. The molecule has 102 valence electrons. The zero-order valence-corrected chi connectivity index (χ0v) is 14.9. The minimum Gasteiger partial charge on any atom is -0.506 e. The summed E-state index contributed by atoms with van der Waals surface area (Å²) in [7, 11) is 0. The average molecular weight is 446 g/mol. The Morgan fingerprint density at radius 1 is 1.28 bits per heavy atom. The lowest BCUT2D eigenvalue weighted by molar-refractivity contribution is 0.0874. The second-order valence-electron chi connectivity index (χ2n) is 4.32. The lowest BCUT2D eigenvalue weighted by atomic mass is 9.91. The molecule has 3 atom stereocenters. The highest BCUT2D eigenvalue weighted by Gasteiger charge is 2.27. The van der Waals surface area contributed by atoms with Crippen molar-refractivity contribution in [2.24, 2.45) is 11.7 Å². The largest absolute Gasteiger partial charge is 0.506 e. The van der Waals surface area contributed by atoms with E-state index < -0.39 is 12.1 Å². The van der Waals surface area contributed by atoms with Crippen molar-refractivity contribution in [3.8, 4) is 5.75 Å². The summed E-state index contributed by atoms with van der Waals surface area (Å²) < 4.78 is 1.81. The van der Waals surface area contributed by atoms with Crippen LogP contribution in [0.1, 0.15) is 31.9 Å². The third-order valence-electron chi connectivity index (χ3n) is 3.11. The Morgan fingerprint density at radius 3 is 2.33 bits per heavy atom. The van der Waals surface area contributed by atoms with Crippen molar-refractivity contribution in [3.63, 3.8) is 0 Å². The van der Waals surface area contributed by atoms with Crippen molar-refractivity contribution in [2.75, 3.05) is 0 Å². The summed E-state index contributed by atoms with van der Waals surface area (Å²) in [5.74, 6) is 0.171. The maximum absolute atomic E-state index is 10.2. The molecule has 0 fully saturated rings. The molecule has 0 spiro atoms. The minimum absolute atomic E-state index is 0.0833. The van der Waals surface area contributed by atoms with E-state index >= 15 is 0 Å². The van der Waals surface area contributed by atoms with Crippen molar-refractivity contribution < 1.29 is 10.2 Å². The molecule has 18 heavy (non-hydrogen) atoms. The summed E-state index contributed by atoms with van der Waals surface area (Å²) in [6.07, 6.45) is 0.176. The van der Waals surface area contributed by atoms with Crippen molar-refractivity contribution in [1.82, 2.24) is 0 Å². The quantitative estimate of drug-likeness (QED) is 0.654. The predicted molar refractivity (Wildman–Crippen MR) is 83.6 cm³/mol. The molecule has 1 aromatic carbocycles. The molecular weight excluding hydrogens is 430 g/mol. The highest BCUT2D eigenvalue weighted by Crippen LogP contribution is 2.42. The fourth-order valence-corrected chi connectivity index (χ4v) is 4.32. The number of benzene rings is 1. The Kier molecular flexibility index (Phi) is 6.12. The molecule has 1 aromatic rings. The van der Waals surface area contributed by atoms with E-state index in [1.165, 1.54) is 0 Å². The van der Waals surface area contributed by atoms with E-state index in [1.807, 2.05) is 13.8 Å². The predicted octanol–water partition coefficient (Wildman–Crippen LogP) is 4.09. The Bertz CT molecular complexity index is 440.